The molecule has 0 saturated heterocycles. The molecule has 0 aliphatic rings. The van der Waals surface area contributed by atoms with Gasteiger partial charge in [-0.25, -0.2) is 9.13 Å². The number of hydrogen-bond donors (Lipinski definition) is 4. The zero-order valence-electron chi connectivity index (χ0n) is 3.91. The molecule has 0 rings (SSSR count). The van der Waals surface area contributed by atoms with Crippen LogP contribution in [0.2, 0.25) is 0 Å². The molecular weight excluding hydrogens is 369 g/mol. The number of hydrogen-bond acceptors (Lipinski definition) is 3. The van der Waals surface area contributed by atoms with Gasteiger partial charge in [0, 0.05) is 0 Å². The molecule has 0 heterocycles. The Morgan fingerprint density at radius 1 is 0.643 bits per heavy atom. The fourth-order valence-electron chi connectivity index (χ4n) is 0.139. The maximum atomic E-state index is 9.63. The van der Waals surface area contributed by atoms with Gasteiger partial charge in [-0.1, -0.05) is 0 Å². The normalized spacial score (nSPS) is 8.86. The Labute approximate surface area is 294 Å². The number of phosphoric acid groups is 2. The molecule has 0 fully saturated rings. The van der Waals surface area contributed by atoms with Crippen LogP contribution in [0.15, 0.2) is 0 Å². The van der Waals surface area contributed by atoms with Gasteiger partial charge in [-0.05, 0) is 0 Å². The summed E-state index contributed by atoms with van der Waals surface area (Å²) in [5, 5.41) is 0. The summed E-state index contributed by atoms with van der Waals surface area (Å²) in [5.74, 6) is 0. The molecule has 0 radical (unpaired) electrons. The van der Waals surface area contributed by atoms with Crippen LogP contribution >= 0.6 is 15.6 Å². The first-order valence-electron chi connectivity index (χ1n) is 1.53. The van der Waals surface area contributed by atoms with Crippen molar-refractivity contribution >= 4 is 273 Å². The molecule has 0 bridgehead atoms. The van der Waals surface area contributed by atoms with E-state index in [1.54, 1.807) is 0 Å². The van der Waals surface area contributed by atoms with Crippen LogP contribution in [0, 0.1) is 0 Å². The van der Waals surface area contributed by atoms with E-state index in [2.05, 4.69) is 4.31 Å². The molecule has 7 nitrogen and oxygen atoms in total. The molecule has 0 atom stereocenters. The minimum absolute atomic E-state index is 0. The van der Waals surface area contributed by atoms with E-state index in [1.807, 2.05) is 0 Å². The maximum absolute atomic E-state index is 9.63. The van der Waals surface area contributed by atoms with E-state index >= 15 is 0 Å². The van der Waals surface area contributed by atoms with Crippen molar-refractivity contribution in [1.29, 1.82) is 0 Å². The second-order valence-electron chi connectivity index (χ2n) is 1.06. The van der Waals surface area contributed by atoms with Gasteiger partial charge >= 0.3 is 273 Å². The minimum atomic E-state index is -5.05. The standard InChI is InChI=1S/5K.H4O7P2.5H/c;;;;;1-8(2,3)7-9(4,5)6;;;;;/h;;;;;(H2,1,2,3)(H2,4,5,6);;;;;. The van der Waals surface area contributed by atoms with Crippen LogP contribution in [-0.4, -0.2) is 276 Å². The molecule has 0 amide bonds. The van der Waals surface area contributed by atoms with Crippen LogP contribution in [0.4, 0.5) is 0 Å². The second-order valence-corrected chi connectivity index (χ2v) is 3.68. The van der Waals surface area contributed by atoms with Gasteiger partial charge in [0.15, 0.2) is 0 Å². The molecule has 0 aromatic heterocycles. The summed E-state index contributed by atoms with van der Waals surface area (Å²) in [6.45, 7) is 0. The van der Waals surface area contributed by atoms with E-state index in [4.69, 9.17) is 19.6 Å². The van der Waals surface area contributed by atoms with Gasteiger partial charge in [-0.3, -0.25) is 0 Å². The summed E-state index contributed by atoms with van der Waals surface area (Å²) in [7, 11) is -10.1. The Morgan fingerprint density at radius 3 is 0.786 bits per heavy atom. The van der Waals surface area contributed by atoms with Crippen LogP contribution in [-0.2, 0) is 13.4 Å². The quantitative estimate of drug-likeness (QED) is 0.285. The Bertz CT molecular complexity index is 161. The van der Waals surface area contributed by atoms with Crippen molar-refractivity contribution in [3.63, 3.8) is 0 Å². The van der Waals surface area contributed by atoms with E-state index in [9.17, 15) is 9.13 Å². The average Bonchev–Trinajstić information content (AvgIpc) is 1.14. The summed E-state index contributed by atoms with van der Waals surface area (Å²) in [6.07, 6.45) is 0. The Hall–Kier alpha value is 8.44. The van der Waals surface area contributed by atoms with Gasteiger partial charge in [0.05, 0.1) is 0 Å². The first kappa shape index (κ1) is 38.2. The van der Waals surface area contributed by atoms with Gasteiger partial charge in [0.1, 0.15) is 0 Å². The Kier molecular flexibility index (Phi) is 53.1. The molecule has 0 aromatic rings. The summed E-state index contributed by atoms with van der Waals surface area (Å²) in [5.41, 5.74) is 0. The van der Waals surface area contributed by atoms with Crippen LogP contribution < -0.4 is 0 Å². The summed E-state index contributed by atoms with van der Waals surface area (Å²) < 4.78 is 22.2. The second kappa shape index (κ2) is 19.5. The summed E-state index contributed by atoms with van der Waals surface area (Å²) >= 11 is 0. The van der Waals surface area contributed by atoms with E-state index in [-0.39, 0.29) is 257 Å². The molecule has 0 aliphatic heterocycles. The molecule has 0 saturated carbocycles. The van der Waals surface area contributed by atoms with Gasteiger partial charge in [0.2, 0.25) is 0 Å². The molecule has 0 aliphatic carbocycles. The van der Waals surface area contributed by atoms with Crippen molar-refractivity contribution in [3.05, 3.63) is 0 Å². The van der Waals surface area contributed by atoms with Crippen LogP contribution in [0.3, 0.4) is 0 Å². The summed E-state index contributed by atoms with van der Waals surface area (Å²) in [4.78, 5) is 31.0. The van der Waals surface area contributed by atoms with E-state index in [0.717, 1.165) is 0 Å². The van der Waals surface area contributed by atoms with Crippen molar-refractivity contribution < 1.29 is 33.0 Å². The molecular formula is H9K5O7P2. The van der Waals surface area contributed by atoms with Gasteiger partial charge < -0.3 is 19.6 Å². The molecule has 66 valence electrons. The molecule has 0 spiro atoms. The van der Waals surface area contributed by atoms with Crippen molar-refractivity contribution in [2.45, 2.75) is 0 Å². The average molecular weight is 379 g/mol. The van der Waals surface area contributed by atoms with Gasteiger partial charge in [-0.2, -0.15) is 4.31 Å². The van der Waals surface area contributed by atoms with Crippen molar-refractivity contribution in [3.8, 4) is 0 Å². The van der Waals surface area contributed by atoms with E-state index in [0.29, 0.717) is 0 Å². The summed E-state index contributed by atoms with van der Waals surface area (Å²) in [6, 6.07) is 0. The fraction of sp³-hybridized carbons (Fsp3) is 0. The van der Waals surface area contributed by atoms with Crippen LogP contribution in [0.25, 0.3) is 0 Å². The van der Waals surface area contributed by atoms with Gasteiger partial charge in [0.25, 0.3) is 0 Å². The number of rotatable bonds is 2. The molecule has 14 heavy (non-hydrogen) atoms. The topological polar surface area (TPSA) is 124 Å². The zero-order valence-corrected chi connectivity index (χ0v) is 5.70. The fourth-order valence-corrected chi connectivity index (χ4v) is 1.25. The third-order valence-electron chi connectivity index (χ3n) is 0.213. The van der Waals surface area contributed by atoms with Crippen molar-refractivity contribution in [2.75, 3.05) is 0 Å². The van der Waals surface area contributed by atoms with Crippen LogP contribution in [0.1, 0.15) is 0 Å². The Morgan fingerprint density at radius 2 is 0.786 bits per heavy atom. The molecule has 14 heteroatoms. The SMILES string of the molecule is O=P(O)(O)OP(=O)(O)O.[KH].[KH].[KH].[KH].[KH]. The van der Waals surface area contributed by atoms with Crippen molar-refractivity contribution in [1.82, 2.24) is 0 Å². The van der Waals surface area contributed by atoms with Gasteiger partial charge in [-0.15, -0.1) is 0 Å². The first-order valence-corrected chi connectivity index (χ1v) is 4.59. The Balaban J connectivity index is -0.0000000320. The first-order chi connectivity index (χ1) is 3.71. The third kappa shape index (κ3) is 37.0. The predicted molar refractivity (Wildman–Crippen MR) is 60.9 cm³/mol. The third-order valence-corrected chi connectivity index (χ3v) is 1.91. The van der Waals surface area contributed by atoms with E-state index < -0.39 is 15.6 Å². The molecule has 0 aromatic carbocycles. The molecule has 0 unspecified atom stereocenters. The van der Waals surface area contributed by atoms with Crippen LogP contribution in [0.5, 0.6) is 0 Å². The van der Waals surface area contributed by atoms with E-state index in [1.165, 1.54) is 0 Å². The predicted octanol–water partition coefficient (Wildman–Crippen LogP) is -4.05. The zero-order chi connectivity index (χ0) is 7.71. The molecule has 4 N–H and O–H groups in total. The monoisotopic (exact) mass is 378 g/mol. The van der Waals surface area contributed by atoms with Crippen molar-refractivity contribution in [2.24, 2.45) is 0 Å².